The van der Waals surface area contributed by atoms with Crippen LogP contribution in [0.1, 0.15) is 50.7 Å². The van der Waals surface area contributed by atoms with Gasteiger partial charge in [0.15, 0.2) is 0 Å². The molecule has 0 bridgehead atoms. The number of unbranched alkanes of at least 4 members (excludes halogenated alkanes) is 2. The number of hydrogen-bond donors (Lipinski definition) is 0. The fraction of sp³-hybridized carbons (Fsp3) is 0.308. The number of benzene rings is 2. The molecule has 2 amide bonds. The van der Waals surface area contributed by atoms with E-state index in [1.807, 2.05) is 70.5 Å². The summed E-state index contributed by atoms with van der Waals surface area (Å²) in [6.45, 7) is 5.47. The molecule has 0 saturated heterocycles. The second-order valence-corrected chi connectivity index (χ2v) is 7.80. The van der Waals surface area contributed by atoms with Crippen LogP contribution in [0.2, 0.25) is 0 Å². The van der Waals surface area contributed by atoms with E-state index in [9.17, 15) is 9.59 Å². The fourth-order valence-electron chi connectivity index (χ4n) is 4.25. The van der Waals surface area contributed by atoms with Crippen LogP contribution < -0.4 is 0 Å². The summed E-state index contributed by atoms with van der Waals surface area (Å²) in [5.74, 6) is -0.105. The molecule has 0 saturated carbocycles. The van der Waals surface area contributed by atoms with Crippen molar-refractivity contribution in [3.63, 3.8) is 0 Å². The summed E-state index contributed by atoms with van der Waals surface area (Å²) in [6.07, 6.45) is 3.78. The monoisotopic (exact) mass is 400 g/mol. The summed E-state index contributed by atoms with van der Waals surface area (Å²) < 4.78 is 0. The predicted octanol–water partition coefficient (Wildman–Crippen LogP) is 5.09. The van der Waals surface area contributed by atoms with Crippen LogP contribution >= 0.6 is 0 Å². The van der Waals surface area contributed by atoms with Gasteiger partial charge in [0.05, 0.1) is 22.5 Å². The van der Waals surface area contributed by atoms with Crippen LogP contribution in [0.25, 0.3) is 11.4 Å². The van der Waals surface area contributed by atoms with Gasteiger partial charge in [-0.3, -0.25) is 9.59 Å². The third-order valence-corrected chi connectivity index (χ3v) is 5.75. The van der Waals surface area contributed by atoms with E-state index in [1.54, 1.807) is 0 Å². The molecular weight excluding hydrogens is 372 g/mol. The van der Waals surface area contributed by atoms with E-state index in [4.69, 9.17) is 0 Å². The summed E-state index contributed by atoms with van der Waals surface area (Å²) in [6, 6.07) is 19.7. The summed E-state index contributed by atoms with van der Waals surface area (Å²) in [5.41, 5.74) is 4.51. The lowest BCUT2D eigenvalue weighted by Crippen LogP contribution is -2.31. The lowest BCUT2D eigenvalue weighted by atomic mass is 10.0. The van der Waals surface area contributed by atoms with E-state index in [2.05, 4.69) is 13.8 Å². The quantitative estimate of drug-likeness (QED) is 0.619. The van der Waals surface area contributed by atoms with E-state index < -0.39 is 0 Å². The number of rotatable bonds is 8. The minimum absolute atomic E-state index is 0.0523. The molecular formula is C26H28N2O2. The van der Waals surface area contributed by atoms with Crippen molar-refractivity contribution in [2.75, 3.05) is 13.1 Å². The summed E-state index contributed by atoms with van der Waals surface area (Å²) in [4.78, 5) is 31.0. The van der Waals surface area contributed by atoms with Crippen molar-refractivity contribution in [1.29, 1.82) is 0 Å². The highest BCUT2D eigenvalue weighted by atomic mass is 16.2. The number of carbonyl (C=O) groups is 2. The predicted molar refractivity (Wildman–Crippen MR) is 120 cm³/mol. The van der Waals surface area contributed by atoms with Gasteiger partial charge in [0.25, 0.3) is 11.8 Å². The van der Waals surface area contributed by atoms with Crippen LogP contribution in [-0.2, 0) is 9.59 Å². The Labute approximate surface area is 178 Å². The number of hydrogen-bond acceptors (Lipinski definition) is 2. The summed E-state index contributed by atoms with van der Waals surface area (Å²) >= 11 is 0. The molecule has 0 aromatic heterocycles. The minimum atomic E-state index is -0.0523. The third-order valence-electron chi connectivity index (χ3n) is 5.75. The van der Waals surface area contributed by atoms with Gasteiger partial charge in [-0.1, -0.05) is 87.4 Å². The van der Waals surface area contributed by atoms with Gasteiger partial charge in [-0.15, -0.1) is 0 Å². The molecule has 0 unspecified atom stereocenters. The van der Waals surface area contributed by atoms with E-state index in [0.717, 1.165) is 48.2 Å². The van der Waals surface area contributed by atoms with Crippen molar-refractivity contribution in [3.05, 3.63) is 82.9 Å². The molecule has 2 aromatic carbocycles. The number of amides is 2. The summed E-state index contributed by atoms with van der Waals surface area (Å²) in [5, 5.41) is 0. The molecule has 0 fully saturated rings. The SMILES string of the molecule is CCCCN1C(=O)C2=C(c3ccccc3)N(CCCC)C(=O)C2=C1c1ccccc1. The molecule has 0 atom stereocenters. The Balaban J connectivity index is 1.94. The van der Waals surface area contributed by atoms with E-state index in [1.165, 1.54) is 0 Å². The third kappa shape index (κ3) is 3.36. The summed E-state index contributed by atoms with van der Waals surface area (Å²) in [7, 11) is 0. The van der Waals surface area contributed by atoms with Crippen LogP contribution in [0.5, 0.6) is 0 Å². The normalized spacial score (nSPS) is 16.2. The number of nitrogens with zero attached hydrogens (tertiary/aromatic N) is 2. The molecule has 154 valence electrons. The molecule has 0 radical (unpaired) electrons. The van der Waals surface area contributed by atoms with Crippen molar-refractivity contribution < 1.29 is 9.59 Å². The highest BCUT2D eigenvalue weighted by Gasteiger charge is 2.48. The van der Waals surface area contributed by atoms with Gasteiger partial charge in [0.1, 0.15) is 0 Å². The zero-order valence-corrected chi connectivity index (χ0v) is 17.7. The van der Waals surface area contributed by atoms with Crippen LogP contribution in [0.4, 0.5) is 0 Å². The Morgan fingerprint density at radius 1 is 0.600 bits per heavy atom. The fourth-order valence-corrected chi connectivity index (χ4v) is 4.25. The first kappa shape index (κ1) is 20.1. The van der Waals surface area contributed by atoms with Gasteiger partial charge in [0, 0.05) is 13.1 Å². The van der Waals surface area contributed by atoms with E-state index >= 15 is 0 Å². The maximum absolute atomic E-state index is 13.7. The zero-order chi connectivity index (χ0) is 21.1. The molecule has 0 aliphatic carbocycles. The molecule has 30 heavy (non-hydrogen) atoms. The van der Waals surface area contributed by atoms with Crippen LogP contribution in [0.3, 0.4) is 0 Å². The molecule has 4 rings (SSSR count). The lowest BCUT2D eigenvalue weighted by Gasteiger charge is -2.25. The molecule has 4 nitrogen and oxygen atoms in total. The van der Waals surface area contributed by atoms with Crippen molar-refractivity contribution in [2.24, 2.45) is 0 Å². The van der Waals surface area contributed by atoms with Gasteiger partial charge in [-0.05, 0) is 24.0 Å². The van der Waals surface area contributed by atoms with Gasteiger partial charge in [-0.25, -0.2) is 0 Å². The lowest BCUT2D eigenvalue weighted by molar-refractivity contribution is -0.124. The first-order valence-electron chi connectivity index (χ1n) is 10.9. The molecule has 2 aliphatic rings. The average molecular weight is 401 g/mol. The second kappa shape index (κ2) is 8.70. The Morgan fingerprint density at radius 2 is 0.967 bits per heavy atom. The Kier molecular flexibility index (Phi) is 5.84. The number of fused-ring (bicyclic) bond motifs is 1. The minimum Gasteiger partial charge on any atom is -0.307 e. The van der Waals surface area contributed by atoms with Crippen molar-refractivity contribution >= 4 is 23.2 Å². The zero-order valence-electron chi connectivity index (χ0n) is 17.7. The van der Waals surface area contributed by atoms with Crippen LogP contribution in [-0.4, -0.2) is 34.7 Å². The van der Waals surface area contributed by atoms with Gasteiger partial charge >= 0.3 is 0 Å². The maximum Gasteiger partial charge on any atom is 0.261 e. The maximum atomic E-state index is 13.7. The van der Waals surface area contributed by atoms with Gasteiger partial charge in [-0.2, -0.15) is 0 Å². The number of carbonyl (C=O) groups excluding carboxylic acids is 2. The van der Waals surface area contributed by atoms with Crippen molar-refractivity contribution in [2.45, 2.75) is 39.5 Å². The first-order chi connectivity index (χ1) is 14.7. The second-order valence-electron chi connectivity index (χ2n) is 7.80. The highest BCUT2D eigenvalue weighted by molar-refractivity contribution is 6.30. The molecule has 0 N–H and O–H groups in total. The van der Waals surface area contributed by atoms with Crippen molar-refractivity contribution in [1.82, 2.24) is 9.80 Å². The average Bonchev–Trinajstić information content (AvgIpc) is 3.23. The Hall–Kier alpha value is -3.14. The Morgan fingerprint density at radius 3 is 1.30 bits per heavy atom. The van der Waals surface area contributed by atoms with Gasteiger partial charge < -0.3 is 9.80 Å². The van der Waals surface area contributed by atoms with Crippen LogP contribution in [0.15, 0.2) is 71.8 Å². The molecule has 4 heteroatoms. The van der Waals surface area contributed by atoms with E-state index in [0.29, 0.717) is 24.2 Å². The van der Waals surface area contributed by atoms with Crippen molar-refractivity contribution in [3.8, 4) is 0 Å². The Bertz CT molecular complexity index is 922. The van der Waals surface area contributed by atoms with E-state index in [-0.39, 0.29) is 11.8 Å². The highest BCUT2D eigenvalue weighted by Crippen LogP contribution is 2.46. The largest absolute Gasteiger partial charge is 0.307 e. The smallest absolute Gasteiger partial charge is 0.261 e. The molecule has 2 aliphatic heterocycles. The molecule has 2 aromatic rings. The molecule has 2 heterocycles. The molecule has 0 spiro atoms. The standard InChI is InChI=1S/C26H28N2O2/c1-3-5-17-27-23(19-13-9-7-10-14-19)21-22(25(27)29)24(20-15-11-8-12-16-20)28(26(21)30)18-6-4-2/h7-16H,3-6,17-18H2,1-2H3. The van der Waals surface area contributed by atoms with Gasteiger partial charge in [0.2, 0.25) is 0 Å². The van der Waals surface area contributed by atoms with Crippen LogP contribution in [0, 0.1) is 0 Å². The first-order valence-corrected chi connectivity index (χ1v) is 10.9. The topological polar surface area (TPSA) is 40.6 Å².